The Morgan fingerprint density at radius 1 is 1.10 bits per heavy atom. The summed E-state index contributed by atoms with van der Waals surface area (Å²) in [5, 5.41) is 3.05. The van der Waals surface area contributed by atoms with Crippen molar-refractivity contribution in [3.63, 3.8) is 0 Å². The number of para-hydroxylation sites is 1. The second-order valence-electron chi connectivity index (χ2n) is 11.6. The summed E-state index contributed by atoms with van der Waals surface area (Å²) in [5.74, 6) is 0.421. The molecule has 222 valence electrons. The Hall–Kier alpha value is -4.12. The molecule has 1 fully saturated rings. The first-order valence-electron chi connectivity index (χ1n) is 14.4. The molecule has 1 aromatic carbocycles. The predicted molar refractivity (Wildman–Crippen MR) is 158 cm³/mol. The molecule has 4 aromatic rings. The Morgan fingerprint density at radius 2 is 1.90 bits per heavy atom. The van der Waals surface area contributed by atoms with E-state index in [0.29, 0.717) is 53.1 Å². The fraction of sp³-hybridized carbons (Fsp3) is 0.452. The van der Waals surface area contributed by atoms with Crippen molar-refractivity contribution in [3.05, 3.63) is 54.2 Å². The Balaban J connectivity index is 1.11. The van der Waals surface area contributed by atoms with E-state index in [0.717, 1.165) is 38.3 Å². The number of aromatic nitrogens is 4. The third-order valence-electron chi connectivity index (χ3n) is 7.15. The molecule has 3 aromatic heterocycles. The Bertz CT molecular complexity index is 1560. The average molecular weight is 577 g/mol. The highest BCUT2D eigenvalue weighted by Crippen LogP contribution is 2.25. The van der Waals surface area contributed by atoms with Crippen molar-refractivity contribution in [1.82, 2.24) is 24.8 Å². The van der Waals surface area contributed by atoms with Crippen molar-refractivity contribution >= 4 is 39.6 Å². The van der Waals surface area contributed by atoms with Crippen LogP contribution in [0.15, 0.2) is 42.6 Å². The molecule has 1 aliphatic heterocycles. The van der Waals surface area contributed by atoms with E-state index in [1.54, 1.807) is 30.5 Å². The van der Waals surface area contributed by atoms with Crippen LogP contribution >= 0.6 is 0 Å². The third kappa shape index (κ3) is 7.58. The summed E-state index contributed by atoms with van der Waals surface area (Å²) in [4.78, 5) is 43.9. The number of fused-ring (bicyclic) bond motifs is 2. The molecule has 0 radical (unpaired) electrons. The number of hydrogen-bond donors (Lipinski definition) is 2. The van der Waals surface area contributed by atoms with Crippen LogP contribution in [0.5, 0.6) is 5.88 Å². The summed E-state index contributed by atoms with van der Waals surface area (Å²) >= 11 is 0. The molecule has 0 atom stereocenters. The van der Waals surface area contributed by atoms with E-state index in [1.165, 1.54) is 6.07 Å². The number of carbonyl (C=O) groups excluding carboxylic acids is 2. The number of rotatable bonds is 10. The lowest BCUT2D eigenvalue weighted by Crippen LogP contribution is -2.39. The van der Waals surface area contributed by atoms with E-state index in [2.05, 4.69) is 30.2 Å². The number of ether oxygens (including phenoxy) is 2. The molecule has 0 aliphatic carbocycles. The highest BCUT2D eigenvalue weighted by Gasteiger charge is 2.26. The van der Waals surface area contributed by atoms with Crippen LogP contribution in [0.25, 0.3) is 22.1 Å². The molecule has 0 unspecified atom stereocenters. The van der Waals surface area contributed by atoms with E-state index in [9.17, 15) is 14.0 Å². The molecule has 4 heterocycles. The Morgan fingerprint density at radius 3 is 2.67 bits per heavy atom. The van der Waals surface area contributed by atoms with E-state index >= 15 is 0 Å². The molecule has 0 bridgehead atoms. The Labute approximate surface area is 244 Å². The van der Waals surface area contributed by atoms with Crippen LogP contribution in [0, 0.1) is 11.7 Å². The van der Waals surface area contributed by atoms with Crippen molar-refractivity contribution < 1.29 is 23.5 Å². The topological polar surface area (TPSA) is 122 Å². The number of nitrogens with one attached hydrogen (secondary N) is 2. The molecular formula is C31H37FN6O4. The maximum Gasteiger partial charge on any atom is 0.306 e. The fourth-order valence-electron chi connectivity index (χ4n) is 5.06. The van der Waals surface area contributed by atoms with Crippen LogP contribution in [0.1, 0.15) is 52.3 Å². The fourth-order valence-corrected chi connectivity index (χ4v) is 5.06. The number of aromatic amines is 1. The number of anilines is 1. The van der Waals surface area contributed by atoms with Gasteiger partial charge in [-0.25, -0.2) is 14.4 Å². The lowest BCUT2D eigenvalue weighted by molar-refractivity contribution is -0.155. The zero-order valence-electron chi connectivity index (χ0n) is 24.3. The summed E-state index contributed by atoms with van der Waals surface area (Å²) in [7, 11) is 0. The number of carbonyl (C=O) groups is 2. The van der Waals surface area contributed by atoms with Gasteiger partial charge in [-0.2, -0.15) is 0 Å². The number of benzene rings is 1. The van der Waals surface area contributed by atoms with Gasteiger partial charge in [0.25, 0.3) is 0 Å². The van der Waals surface area contributed by atoms with Gasteiger partial charge in [0.2, 0.25) is 11.8 Å². The zero-order valence-corrected chi connectivity index (χ0v) is 24.3. The van der Waals surface area contributed by atoms with E-state index < -0.39 is 5.60 Å². The SMILES string of the molecule is CC(C)(C)OC(=O)CCCOc1ccc2nccc(NC(=O)C3CCN(CCc4nc5c(F)cccc5[nH]4)CC3)c2n1. The van der Waals surface area contributed by atoms with Gasteiger partial charge in [-0.15, -0.1) is 0 Å². The predicted octanol–water partition coefficient (Wildman–Crippen LogP) is 5.04. The summed E-state index contributed by atoms with van der Waals surface area (Å²) in [6, 6.07) is 10.2. The molecule has 42 heavy (non-hydrogen) atoms. The number of halogens is 1. The van der Waals surface area contributed by atoms with Gasteiger partial charge < -0.3 is 24.7 Å². The number of H-pyrrole nitrogens is 1. The number of imidazole rings is 1. The minimum Gasteiger partial charge on any atom is -0.478 e. The molecule has 2 N–H and O–H groups in total. The second kappa shape index (κ2) is 12.8. The van der Waals surface area contributed by atoms with Gasteiger partial charge in [0.1, 0.15) is 22.5 Å². The van der Waals surface area contributed by atoms with E-state index in [1.807, 2.05) is 26.8 Å². The standard InChI is InChI=1S/C31H37FN6O4/c1-31(2,3)42-27(39)8-5-19-41-26-10-9-22-29(37-26)24(11-15-33-22)35-30(40)20-12-16-38(17-13-20)18-14-25-34-23-7-4-6-21(32)28(23)36-25/h4,6-7,9-11,15,20H,5,8,12-14,16-19H2,1-3H3,(H,34,36)(H,33,35,40). The van der Waals surface area contributed by atoms with Crippen LogP contribution in [-0.4, -0.2) is 68.6 Å². The molecule has 11 heteroatoms. The van der Waals surface area contributed by atoms with Crippen molar-refractivity contribution in [3.8, 4) is 5.88 Å². The number of pyridine rings is 2. The molecule has 0 spiro atoms. The van der Waals surface area contributed by atoms with Gasteiger partial charge in [-0.3, -0.25) is 14.6 Å². The van der Waals surface area contributed by atoms with Crippen molar-refractivity contribution in [2.45, 2.75) is 58.5 Å². The van der Waals surface area contributed by atoms with Gasteiger partial charge in [0, 0.05) is 37.6 Å². The Kier molecular flexibility index (Phi) is 8.96. The molecule has 1 saturated heterocycles. The number of hydrogen-bond acceptors (Lipinski definition) is 8. The molecule has 1 aliphatic rings. The first-order valence-corrected chi connectivity index (χ1v) is 14.4. The first-order chi connectivity index (χ1) is 20.1. The lowest BCUT2D eigenvalue weighted by atomic mass is 9.95. The van der Waals surface area contributed by atoms with Crippen LogP contribution in [-0.2, 0) is 20.7 Å². The third-order valence-corrected chi connectivity index (χ3v) is 7.15. The van der Waals surface area contributed by atoms with Gasteiger partial charge >= 0.3 is 5.97 Å². The molecule has 5 rings (SSSR count). The van der Waals surface area contributed by atoms with Crippen molar-refractivity contribution in [2.75, 3.05) is 31.6 Å². The van der Waals surface area contributed by atoms with E-state index in [4.69, 9.17) is 9.47 Å². The summed E-state index contributed by atoms with van der Waals surface area (Å²) in [6.45, 7) is 8.20. The minimum absolute atomic E-state index is 0.0413. The zero-order chi connectivity index (χ0) is 29.7. The number of nitrogens with zero attached hydrogens (tertiary/aromatic N) is 4. The van der Waals surface area contributed by atoms with Crippen LogP contribution in [0.4, 0.5) is 10.1 Å². The highest BCUT2D eigenvalue weighted by atomic mass is 19.1. The number of esters is 1. The molecular weight excluding hydrogens is 539 g/mol. The van der Waals surface area contributed by atoms with Crippen LogP contribution < -0.4 is 10.1 Å². The monoisotopic (exact) mass is 576 g/mol. The van der Waals surface area contributed by atoms with Crippen molar-refractivity contribution in [1.29, 1.82) is 0 Å². The van der Waals surface area contributed by atoms with Crippen LogP contribution in [0.2, 0.25) is 0 Å². The first kappa shape index (κ1) is 29.4. The van der Waals surface area contributed by atoms with Gasteiger partial charge in [-0.1, -0.05) is 6.07 Å². The number of likely N-dealkylation sites (tertiary alicyclic amines) is 1. The smallest absolute Gasteiger partial charge is 0.306 e. The van der Waals surface area contributed by atoms with Gasteiger partial charge in [0.05, 0.1) is 23.3 Å². The second-order valence-corrected chi connectivity index (χ2v) is 11.6. The normalized spacial score (nSPS) is 14.8. The van der Waals surface area contributed by atoms with Gasteiger partial charge in [-0.05, 0) is 77.4 Å². The number of amides is 1. The van der Waals surface area contributed by atoms with Crippen LogP contribution in [0.3, 0.4) is 0 Å². The molecule has 0 saturated carbocycles. The van der Waals surface area contributed by atoms with Crippen molar-refractivity contribution in [2.24, 2.45) is 5.92 Å². The summed E-state index contributed by atoms with van der Waals surface area (Å²) < 4.78 is 25.0. The maximum absolute atomic E-state index is 13.9. The van der Waals surface area contributed by atoms with Gasteiger partial charge in [0.15, 0.2) is 5.82 Å². The molecule has 1 amide bonds. The lowest BCUT2D eigenvalue weighted by Gasteiger charge is -2.31. The summed E-state index contributed by atoms with van der Waals surface area (Å²) in [5.41, 5.74) is 2.35. The maximum atomic E-state index is 13.9. The van der Waals surface area contributed by atoms with E-state index in [-0.39, 0.29) is 30.0 Å². The number of piperidine rings is 1. The average Bonchev–Trinajstić information content (AvgIpc) is 3.38. The largest absolute Gasteiger partial charge is 0.478 e. The quantitative estimate of drug-likeness (QED) is 0.199. The minimum atomic E-state index is -0.512. The molecule has 10 nitrogen and oxygen atoms in total. The summed E-state index contributed by atoms with van der Waals surface area (Å²) in [6.07, 6.45) is 4.57. The highest BCUT2D eigenvalue weighted by molar-refractivity contribution is 6.00.